The third-order valence-corrected chi connectivity index (χ3v) is 3.45. The number of ether oxygens (including phenoxy) is 1. The summed E-state index contributed by atoms with van der Waals surface area (Å²) in [6, 6.07) is 6.73. The quantitative estimate of drug-likeness (QED) is 0.876. The molecule has 2 aromatic rings. The van der Waals surface area contributed by atoms with Crippen LogP contribution in [0.25, 0.3) is 11.0 Å². The molecule has 1 aromatic carbocycles. The Kier molecular flexibility index (Phi) is 3.00. The first-order valence-electron chi connectivity index (χ1n) is 6.66. The molecule has 0 bridgehead atoms. The molecule has 0 aliphatic heterocycles. The van der Waals surface area contributed by atoms with E-state index in [0.29, 0.717) is 12.6 Å². The molecule has 0 radical (unpaired) electrons. The zero-order chi connectivity index (χ0) is 12.5. The molecule has 0 atom stereocenters. The summed E-state index contributed by atoms with van der Waals surface area (Å²) in [6.07, 6.45) is 2.60. The topological polar surface area (TPSA) is 34.4 Å². The van der Waals surface area contributed by atoms with Crippen LogP contribution in [0.1, 0.15) is 31.1 Å². The average molecular weight is 245 g/mol. The minimum absolute atomic E-state index is 0.693. The maximum Gasteiger partial charge on any atom is 0.134 e. The molecule has 1 aliphatic rings. The van der Waals surface area contributed by atoms with E-state index in [2.05, 4.69) is 18.3 Å². The number of rotatable bonds is 5. The van der Waals surface area contributed by atoms with Gasteiger partial charge in [-0.25, -0.2) is 0 Å². The molecule has 96 valence electrons. The highest BCUT2D eigenvalue weighted by molar-refractivity contribution is 5.83. The number of hydrogen-bond donors (Lipinski definition) is 1. The second-order valence-electron chi connectivity index (χ2n) is 4.90. The summed E-state index contributed by atoms with van der Waals surface area (Å²) in [5.41, 5.74) is 2.17. The highest BCUT2D eigenvalue weighted by Crippen LogP contribution is 2.29. The second-order valence-corrected chi connectivity index (χ2v) is 4.90. The monoisotopic (exact) mass is 245 g/mol. The van der Waals surface area contributed by atoms with Crippen LogP contribution in [0.5, 0.6) is 5.75 Å². The van der Waals surface area contributed by atoms with Gasteiger partial charge in [-0.15, -0.1) is 0 Å². The summed E-state index contributed by atoms with van der Waals surface area (Å²) in [4.78, 5) is 0. The van der Waals surface area contributed by atoms with Crippen molar-refractivity contribution in [2.75, 3.05) is 6.61 Å². The third kappa shape index (κ3) is 2.23. The fourth-order valence-electron chi connectivity index (χ4n) is 2.20. The van der Waals surface area contributed by atoms with Gasteiger partial charge >= 0.3 is 0 Å². The van der Waals surface area contributed by atoms with Gasteiger partial charge in [0.2, 0.25) is 0 Å². The highest BCUT2D eigenvalue weighted by Gasteiger charge is 2.21. The molecule has 1 saturated carbocycles. The van der Waals surface area contributed by atoms with E-state index in [9.17, 15) is 0 Å². The van der Waals surface area contributed by atoms with Gasteiger partial charge in [0.25, 0.3) is 0 Å². The van der Waals surface area contributed by atoms with Crippen LogP contribution < -0.4 is 10.1 Å². The van der Waals surface area contributed by atoms with E-state index in [-0.39, 0.29) is 0 Å². The standard InChI is InChI=1S/C15H19NO2/c1-3-17-12-6-7-14-13(8-12)10(2)15(18-14)9-16-11-4-5-11/h6-8,11,16H,3-5,9H2,1-2H3. The lowest BCUT2D eigenvalue weighted by atomic mass is 10.1. The van der Waals surface area contributed by atoms with Crippen LogP contribution in [0.15, 0.2) is 22.6 Å². The second kappa shape index (κ2) is 4.65. The summed E-state index contributed by atoms with van der Waals surface area (Å²) in [5, 5.41) is 4.65. The van der Waals surface area contributed by atoms with Crippen molar-refractivity contribution in [1.82, 2.24) is 5.32 Å². The Morgan fingerprint density at radius 1 is 1.39 bits per heavy atom. The van der Waals surface area contributed by atoms with Crippen molar-refractivity contribution in [2.24, 2.45) is 0 Å². The van der Waals surface area contributed by atoms with Crippen LogP contribution >= 0.6 is 0 Å². The Bertz CT molecular complexity index is 555. The predicted octanol–water partition coefficient (Wildman–Crippen LogP) is 3.39. The van der Waals surface area contributed by atoms with Crippen LogP contribution in [-0.2, 0) is 6.54 Å². The van der Waals surface area contributed by atoms with Crippen LogP contribution in [0.3, 0.4) is 0 Å². The van der Waals surface area contributed by atoms with E-state index in [1.807, 2.05) is 19.1 Å². The van der Waals surface area contributed by atoms with Gasteiger partial charge in [0, 0.05) is 11.4 Å². The van der Waals surface area contributed by atoms with Gasteiger partial charge in [-0.05, 0) is 50.5 Å². The Labute approximate surface area is 107 Å². The molecule has 1 aliphatic carbocycles. The van der Waals surface area contributed by atoms with Crippen molar-refractivity contribution in [3.8, 4) is 5.75 Å². The normalized spacial score (nSPS) is 15.2. The van der Waals surface area contributed by atoms with E-state index < -0.39 is 0 Å². The number of hydrogen-bond acceptors (Lipinski definition) is 3. The lowest BCUT2D eigenvalue weighted by molar-refractivity contribution is 0.340. The summed E-state index contributed by atoms with van der Waals surface area (Å²) in [5.74, 6) is 1.96. The smallest absolute Gasteiger partial charge is 0.134 e. The van der Waals surface area contributed by atoms with Gasteiger partial charge in [-0.2, -0.15) is 0 Å². The van der Waals surface area contributed by atoms with Crippen LogP contribution in [0.4, 0.5) is 0 Å². The van der Waals surface area contributed by atoms with Gasteiger partial charge < -0.3 is 14.5 Å². The molecule has 0 saturated heterocycles. The Morgan fingerprint density at radius 3 is 2.94 bits per heavy atom. The van der Waals surface area contributed by atoms with Crippen molar-refractivity contribution in [2.45, 2.75) is 39.3 Å². The summed E-state index contributed by atoms with van der Waals surface area (Å²) < 4.78 is 11.4. The molecule has 18 heavy (non-hydrogen) atoms. The van der Waals surface area contributed by atoms with Crippen molar-refractivity contribution in [1.29, 1.82) is 0 Å². The fraction of sp³-hybridized carbons (Fsp3) is 0.467. The van der Waals surface area contributed by atoms with E-state index in [0.717, 1.165) is 29.0 Å². The van der Waals surface area contributed by atoms with E-state index in [1.54, 1.807) is 0 Å². The molecule has 1 fully saturated rings. The van der Waals surface area contributed by atoms with E-state index >= 15 is 0 Å². The predicted molar refractivity (Wildman–Crippen MR) is 72.0 cm³/mol. The Balaban J connectivity index is 1.88. The zero-order valence-corrected chi connectivity index (χ0v) is 11.0. The number of nitrogens with one attached hydrogen (secondary N) is 1. The molecular formula is C15H19NO2. The maximum atomic E-state index is 5.89. The third-order valence-electron chi connectivity index (χ3n) is 3.45. The van der Waals surface area contributed by atoms with Gasteiger partial charge in [-0.3, -0.25) is 0 Å². The van der Waals surface area contributed by atoms with E-state index in [1.165, 1.54) is 18.4 Å². The SMILES string of the molecule is CCOc1ccc2oc(CNC3CC3)c(C)c2c1. The van der Waals surface area contributed by atoms with E-state index in [4.69, 9.17) is 9.15 Å². The van der Waals surface area contributed by atoms with Gasteiger partial charge in [-0.1, -0.05) is 0 Å². The molecule has 0 spiro atoms. The average Bonchev–Trinajstić information content (AvgIpc) is 3.14. The molecule has 1 aromatic heterocycles. The minimum atomic E-state index is 0.693. The number of aryl methyl sites for hydroxylation is 1. The maximum absolute atomic E-state index is 5.89. The van der Waals surface area contributed by atoms with Crippen molar-refractivity contribution >= 4 is 11.0 Å². The molecule has 1 N–H and O–H groups in total. The minimum Gasteiger partial charge on any atom is -0.494 e. The van der Waals surface area contributed by atoms with Gasteiger partial charge in [0.05, 0.1) is 13.2 Å². The summed E-state index contributed by atoms with van der Waals surface area (Å²) >= 11 is 0. The van der Waals surface area contributed by atoms with Crippen molar-refractivity contribution in [3.05, 3.63) is 29.5 Å². The van der Waals surface area contributed by atoms with Crippen LogP contribution in [0.2, 0.25) is 0 Å². The van der Waals surface area contributed by atoms with Crippen LogP contribution in [-0.4, -0.2) is 12.6 Å². The number of benzene rings is 1. The molecule has 0 amide bonds. The molecule has 1 heterocycles. The molecule has 3 rings (SSSR count). The zero-order valence-electron chi connectivity index (χ0n) is 11.0. The van der Waals surface area contributed by atoms with Crippen molar-refractivity contribution < 1.29 is 9.15 Å². The first kappa shape index (κ1) is 11.6. The first-order valence-corrected chi connectivity index (χ1v) is 6.66. The Hall–Kier alpha value is -1.48. The lowest BCUT2D eigenvalue weighted by Crippen LogP contribution is -2.15. The molecule has 0 unspecified atom stereocenters. The first-order chi connectivity index (χ1) is 8.78. The lowest BCUT2D eigenvalue weighted by Gasteiger charge is -2.01. The fourth-order valence-corrected chi connectivity index (χ4v) is 2.20. The summed E-state index contributed by atoms with van der Waals surface area (Å²) in [6.45, 7) is 5.64. The van der Waals surface area contributed by atoms with Gasteiger partial charge in [0.15, 0.2) is 0 Å². The summed E-state index contributed by atoms with van der Waals surface area (Å²) in [7, 11) is 0. The van der Waals surface area contributed by atoms with Gasteiger partial charge in [0.1, 0.15) is 17.1 Å². The molecular weight excluding hydrogens is 226 g/mol. The number of fused-ring (bicyclic) bond motifs is 1. The van der Waals surface area contributed by atoms with Crippen LogP contribution in [0, 0.1) is 6.92 Å². The largest absolute Gasteiger partial charge is 0.494 e. The molecule has 3 heteroatoms. The molecule has 3 nitrogen and oxygen atoms in total. The Morgan fingerprint density at radius 2 is 2.22 bits per heavy atom. The highest BCUT2D eigenvalue weighted by atomic mass is 16.5. The number of furan rings is 1. The van der Waals surface area contributed by atoms with Crippen molar-refractivity contribution in [3.63, 3.8) is 0 Å².